The van der Waals surface area contributed by atoms with E-state index in [-0.39, 0.29) is 28.1 Å². The molecule has 0 aliphatic carbocycles. The van der Waals surface area contributed by atoms with Crippen molar-refractivity contribution in [2.24, 2.45) is 4.99 Å². The van der Waals surface area contributed by atoms with Gasteiger partial charge in [0.25, 0.3) is 0 Å². The quantitative estimate of drug-likeness (QED) is 0.559. The van der Waals surface area contributed by atoms with Crippen LogP contribution in [0.25, 0.3) is 0 Å². The summed E-state index contributed by atoms with van der Waals surface area (Å²) >= 11 is 12.2. The molecule has 0 saturated carbocycles. The van der Waals surface area contributed by atoms with Gasteiger partial charge in [0.2, 0.25) is 5.96 Å². The zero-order valence-corrected chi connectivity index (χ0v) is 16.4. The Morgan fingerprint density at radius 2 is 1.77 bits per heavy atom. The molecule has 0 aliphatic heterocycles. The van der Waals surface area contributed by atoms with Crippen LogP contribution in [0.2, 0.25) is 10.0 Å². The average Bonchev–Trinajstić information content (AvgIpc) is 2.55. The number of methoxy groups -OCH3 is 2. The molecule has 9 nitrogen and oxygen atoms in total. The number of halogens is 2. The number of carbonyl (C=O) groups excluding carboxylic acids is 2. The third kappa shape index (κ3) is 6.36. The summed E-state index contributed by atoms with van der Waals surface area (Å²) < 4.78 is 33.2. The highest BCUT2D eigenvalue weighted by Gasteiger charge is 2.28. The Kier molecular flexibility index (Phi) is 8.12. The molecule has 2 amide bonds. The Bertz CT molecular complexity index is 793. The molecule has 12 heteroatoms. The lowest BCUT2D eigenvalue weighted by Crippen LogP contribution is -2.43. The van der Waals surface area contributed by atoms with Crippen molar-refractivity contribution in [1.82, 2.24) is 10.6 Å². The number of carbonyl (C=O) groups is 2. The van der Waals surface area contributed by atoms with E-state index in [4.69, 9.17) is 23.2 Å². The van der Waals surface area contributed by atoms with Gasteiger partial charge in [-0.15, -0.1) is 4.99 Å². The third-order valence-electron chi connectivity index (χ3n) is 3.08. The van der Waals surface area contributed by atoms with Crippen molar-refractivity contribution in [1.29, 1.82) is 0 Å². The molecule has 0 saturated heterocycles. The molecule has 144 valence electrons. The number of amides is 2. The van der Waals surface area contributed by atoms with Crippen LogP contribution in [0.1, 0.15) is 10.8 Å². The van der Waals surface area contributed by atoms with Gasteiger partial charge in [-0.3, -0.25) is 5.32 Å². The summed E-state index contributed by atoms with van der Waals surface area (Å²) in [5, 5.41) is 3.82. The normalized spacial score (nSPS) is 12.9. The van der Waals surface area contributed by atoms with E-state index in [1.54, 1.807) is 6.07 Å². The van der Waals surface area contributed by atoms with Crippen LogP contribution in [0.3, 0.4) is 0 Å². The van der Waals surface area contributed by atoms with Crippen molar-refractivity contribution in [2.75, 3.05) is 27.0 Å². The van der Waals surface area contributed by atoms with Crippen LogP contribution in [0.5, 0.6) is 0 Å². The second kappa shape index (κ2) is 9.60. The van der Waals surface area contributed by atoms with Crippen LogP contribution in [0.4, 0.5) is 9.59 Å². The molecule has 1 rings (SSSR count). The Hall–Kier alpha value is -2.04. The van der Waals surface area contributed by atoms with Crippen molar-refractivity contribution in [3.8, 4) is 0 Å². The zero-order chi connectivity index (χ0) is 19.9. The fourth-order valence-corrected chi connectivity index (χ4v) is 3.73. The fraction of sp³-hybridized carbons (Fsp3) is 0.357. The molecule has 0 radical (unpaired) electrons. The van der Waals surface area contributed by atoms with Gasteiger partial charge in [0.05, 0.1) is 14.2 Å². The topological polar surface area (TPSA) is 123 Å². The van der Waals surface area contributed by atoms with Crippen LogP contribution >= 0.6 is 23.2 Å². The number of ether oxygens (including phenoxy) is 2. The Morgan fingerprint density at radius 3 is 2.23 bits per heavy atom. The monoisotopic (exact) mass is 425 g/mol. The van der Waals surface area contributed by atoms with E-state index in [9.17, 15) is 18.0 Å². The van der Waals surface area contributed by atoms with Crippen LogP contribution in [-0.2, 0) is 19.3 Å². The standard InChI is InChI=1S/C14H17Cl2N3O6S/c1-24-13(20)18-12(19-14(21)25-2)17-7-10(26(3,22)23)11-8(15)5-4-6-9(11)16/h4-6,10H,7H2,1-3H3,(H2,17,18,19,20,21). The van der Waals surface area contributed by atoms with Crippen molar-refractivity contribution in [3.05, 3.63) is 33.8 Å². The number of hydrogen-bond acceptors (Lipinski definition) is 6. The first-order valence-electron chi connectivity index (χ1n) is 6.98. The molecule has 26 heavy (non-hydrogen) atoms. The lowest BCUT2D eigenvalue weighted by atomic mass is 10.1. The van der Waals surface area contributed by atoms with Crippen LogP contribution in [-0.4, -0.2) is 53.6 Å². The molecule has 0 bridgehead atoms. The smallest absolute Gasteiger partial charge is 0.436 e. The van der Waals surface area contributed by atoms with E-state index in [0.29, 0.717) is 0 Å². The SMILES string of the molecule is COC(=O)N=C(NCC(c1c(Cl)cccc1Cl)S(C)(=O)=O)NC(=O)OC. The van der Waals surface area contributed by atoms with Crippen LogP contribution < -0.4 is 10.6 Å². The number of guanidine groups is 1. The Balaban J connectivity index is 3.17. The molecule has 2 N–H and O–H groups in total. The predicted molar refractivity (Wildman–Crippen MR) is 97.4 cm³/mol. The predicted octanol–water partition coefficient (Wildman–Crippen LogP) is 2.15. The highest BCUT2D eigenvalue weighted by Crippen LogP contribution is 2.34. The number of alkyl carbamates (subject to hydrolysis) is 1. The summed E-state index contributed by atoms with van der Waals surface area (Å²) in [7, 11) is -1.48. The lowest BCUT2D eigenvalue weighted by Gasteiger charge is -2.20. The van der Waals surface area contributed by atoms with E-state index >= 15 is 0 Å². The van der Waals surface area contributed by atoms with Gasteiger partial charge in [0.1, 0.15) is 5.25 Å². The van der Waals surface area contributed by atoms with E-state index in [1.165, 1.54) is 12.1 Å². The minimum atomic E-state index is -3.67. The van der Waals surface area contributed by atoms with Gasteiger partial charge in [-0.05, 0) is 12.1 Å². The molecule has 1 atom stereocenters. The van der Waals surface area contributed by atoms with Gasteiger partial charge in [-0.25, -0.2) is 18.0 Å². The van der Waals surface area contributed by atoms with Crippen LogP contribution in [0, 0.1) is 0 Å². The maximum atomic E-state index is 12.2. The summed E-state index contributed by atoms with van der Waals surface area (Å²) in [6.45, 7) is -0.290. The van der Waals surface area contributed by atoms with E-state index in [2.05, 4.69) is 25.1 Å². The van der Waals surface area contributed by atoms with Crippen LogP contribution in [0.15, 0.2) is 23.2 Å². The van der Waals surface area contributed by atoms with E-state index in [1.807, 2.05) is 0 Å². The van der Waals surface area contributed by atoms with E-state index in [0.717, 1.165) is 20.5 Å². The van der Waals surface area contributed by atoms with Gasteiger partial charge in [-0.1, -0.05) is 29.3 Å². The van der Waals surface area contributed by atoms with Crippen molar-refractivity contribution in [2.45, 2.75) is 5.25 Å². The minimum Gasteiger partial charge on any atom is -0.453 e. The number of nitrogens with one attached hydrogen (secondary N) is 2. The number of benzene rings is 1. The zero-order valence-electron chi connectivity index (χ0n) is 14.1. The van der Waals surface area contributed by atoms with Gasteiger partial charge < -0.3 is 14.8 Å². The maximum absolute atomic E-state index is 12.2. The molecule has 0 aliphatic rings. The second-order valence-electron chi connectivity index (χ2n) is 4.88. The first kappa shape index (κ1) is 22.0. The molecular weight excluding hydrogens is 409 g/mol. The van der Waals surface area contributed by atoms with Crippen molar-refractivity contribution in [3.63, 3.8) is 0 Å². The molecule has 0 aromatic heterocycles. The third-order valence-corrected chi connectivity index (χ3v) is 5.17. The first-order valence-corrected chi connectivity index (χ1v) is 9.69. The highest BCUT2D eigenvalue weighted by molar-refractivity contribution is 7.91. The minimum absolute atomic E-state index is 0.155. The number of rotatable bonds is 4. The highest BCUT2D eigenvalue weighted by atomic mass is 35.5. The van der Waals surface area contributed by atoms with Crippen molar-refractivity contribution < 1.29 is 27.5 Å². The molecule has 0 heterocycles. The van der Waals surface area contributed by atoms with Gasteiger partial charge in [0.15, 0.2) is 9.84 Å². The molecule has 1 unspecified atom stereocenters. The molecule has 1 aromatic carbocycles. The summed E-state index contributed by atoms with van der Waals surface area (Å²) in [6, 6.07) is 4.57. The van der Waals surface area contributed by atoms with E-state index < -0.39 is 27.3 Å². The number of sulfone groups is 1. The fourth-order valence-electron chi connectivity index (χ4n) is 1.87. The number of nitrogens with zero attached hydrogens (tertiary/aromatic N) is 1. The summed E-state index contributed by atoms with van der Waals surface area (Å²) in [5.41, 5.74) is 0.182. The Labute approximate surface area is 160 Å². The van der Waals surface area contributed by atoms with Crippen molar-refractivity contribution >= 4 is 51.2 Å². The average molecular weight is 426 g/mol. The van der Waals surface area contributed by atoms with Gasteiger partial charge in [0, 0.05) is 28.4 Å². The molecular formula is C14H17Cl2N3O6S. The molecule has 0 fully saturated rings. The number of hydrogen-bond donors (Lipinski definition) is 2. The Morgan fingerprint density at radius 1 is 1.19 bits per heavy atom. The van der Waals surface area contributed by atoms with Gasteiger partial charge in [-0.2, -0.15) is 0 Å². The lowest BCUT2D eigenvalue weighted by molar-refractivity contribution is 0.176. The summed E-state index contributed by atoms with van der Waals surface area (Å²) in [4.78, 5) is 26.1. The molecule has 1 aromatic rings. The first-order chi connectivity index (χ1) is 12.1. The summed E-state index contributed by atoms with van der Waals surface area (Å²) in [6.07, 6.45) is -0.938. The summed E-state index contributed by atoms with van der Waals surface area (Å²) in [5.74, 6) is -0.361. The molecule has 0 spiro atoms. The second-order valence-corrected chi connectivity index (χ2v) is 7.92. The largest absolute Gasteiger partial charge is 0.453 e. The number of aliphatic imine (C=N–C) groups is 1. The maximum Gasteiger partial charge on any atom is 0.436 e. The van der Waals surface area contributed by atoms with Gasteiger partial charge >= 0.3 is 12.2 Å².